The van der Waals surface area contributed by atoms with E-state index >= 15 is 0 Å². The van der Waals surface area contributed by atoms with E-state index in [0.717, 1.165) is 10.7 Å². The number of sulfone groups is 1. The van der Waals surface area contributed by atoms with Crippen molar-refractivity contribution in [2.45, 2.75) is 31.6 Å². The summed E-state index contributed by atoms with van der Waals surface area (Å²) >= 11 is 1.64. The van der Waals surface area contributed by atoms with Crippen molar-refractivity contribution < 1.29 is 8.42 Å². The molecule has 0 amide bonds. The molecule has 1 saturated heterocycles. The molecule has 1 aliphatic rings. The first kappa shape index (κ1) is 13.0. The average molecular weight is 274 g/mol. The quantitative estimate of drug-likeness (QED) is 0.906. The Hall–Kier alpha value is -0.460. The smallest absolute Gasteiger partial charge is 0.150 e. The van der Waals surface area contributed by atoms with E-state index in [1.54, 1.807) is 11.3 Å². The molecule has 0 aliphatic carbocycles. The van der Waals surface area contributed by atoms with Crippen molar-refractivity contribution in [3.8, 4) is 0 Å². The Labute approximate surface area is 106 Å². The molecule has 1 aromatic heterocycles. The van der Waals surface area contributed by atoms with Gasteiger partial charge in [0.2, 0.25) is 0 Å². The molecule has 1 fully saturated rings. The highest BCUT2D eigenvalue weighted by Gasteiger charge is 2.26. The van der Waals surface area contributed by atoms with Crippen molar-refractivity contribution in [3.63, 3.8) is 0 Å². The summed E-state index contributed by atoms with van der Waals surface area (Å²) in [5, 5.41) is 3.13. The maximum Gasteiger partial charge on any atom is 0.150 e. The lowest BCUT2D eigenvalue weighted by Crippen LogP contribution is -2.22. The molecule has 6 heteroatoms. The maximum atomic E-state index is 11.4. The molecular weight excluding hydrogens is 256 g/mol. The van der Waals surface area contributed by atoms with Gasteiger partial charge in [0, 0.05) is 23.8 Å². The number of hydrogen-bond donors (Lipinski definition) is 1. The van der Waals surface area contributed by atoms with Crippen molar-refractivity contribution >= 4 is 21.2 Å². The van der Waals surface area contributed by atoms with Gasteiger partial charge in [-0.05, 0) is 12.8 Å². The van der Waals surface area contributed by atoms with E-state index in [9.17, 15) is 8.42 Å². The van der Waals surface area contributed by atoms with Crippen LogP contribution < -0.4 is 5.73 Å². The Morgan fingerprint density at radius 1 is 1.53 bits per heavy atom. The van der Waals surface area contributed by atoms with Crippen LogP contribution >= 0.6 is 11.3 Å². The fraction of sp³-hybridized carbons (Fsp3) is 0.727. The summed E-state index contributed by atoms with van der Waals surface area (Å²) in [4.78, 5) is 4.60. The lowest BCUT2D eigenvalue weighted by atomic mass is 10.0. The molecular formula is C11H18N2O2S2. The van der Waals surface area contributed by atoms with E-state index in [4.69, 9.17) is 5.73 Å². The molecule has 2 N–H and O–H groups in total. The van der Waals surface area contributed by atoms with Crippen LogP contribution in [0, 0.1) is 0 Å². The summed E-state index contributed by atoms with van der Waals surface area (Å²) in [6, 6.07) is 0. The van der Waals surface area contributed by atoms with E-state index in [1.165, 1.54) is 0 Å². The van der Waals surface area contributed by atoms with Gasteiger partial charge in [0.25, 0.3) is 0 Å². The van der Waals surface area contributed by atoms with Crippen LogP contribution in [0.3, 0.4) is 0 Å². The fourth-order valence-corrected chi connectivity index (χ4v) is 4.58. The monoisotopic (exact) mass is 274 g/mol. The molecule has 0 aromatic carbocycles. The van der Waals surface area contributed by atoms with E-state index in [2.05, 4.69) is 17.3 Å². The van der Waals surface area contributed by atoms with Gasteiger partial charge in [0.05, 0.1) is 22.2 Å². The second kappa shape index (κ2) is 5.04. The van der Waals surface area contributed by atoms with Gasteiger partial charge in [-0.15, -0.1) is 11.3 Å². The highest BCUT2D eigenvalue weighted by molar-refractivity contribution is 7.91. The molecule has 4 nitrogen and oxygen atoms in total. The number of nitrogens with two attached hydrogens (primary N) is 1. The Bertz CT molecular complexity index is 467. The van der Waals surface area contributed by atoms with Crippen LogP contribution in [0.1, 0.15) is 42.3 Å². The number of nitrogens with zero attached hydrogens (tertiary/aromatic N) is 1. The van der Waals surface area contributed by atoms with Gasteiger partial charge in [-0.3, -0.25) is 0 Å². The van der Waals surface area contributed by atoms with Gasteiger partial charge < -0.3 is 5.73 Å². The zero-order chi connectivity index (χ0) is 12.5. The van der Waals surface area contributed by atoms with E-state index < -0.39 is 9.84 Å². The van der Waals surface area contributed by atoms with Gasteiger partial charge in [0.15, 0.2) is 0 Å². The summed E-state index contributed by atoms with van der Waals surface area (Å²) < 4.78 is 22.7. The zero-order valence-electron chi connectivity index (χ0n) is 9.93. The molecule has 2 heterocycles. The second-order valence-corrected chi connectivity index (χ2v) is 7.87. The van der Waals surface area contributed by atoms with Gasteiger partial charge in [-0.1, -0.05) is 6.92 Å². The molecule has 0 saturated carbocycles. The lowest BCUT2D eigenvalue weighted by Gasteiger charge is -2.19. The summed E-state index contributed by atoms with van der Waals surface area (Å²) in [7, 11) is -2.78. The summed E-state index contributed by atoms with van der Waals surface area (Å²) in [6.45, 7) is 2.66. The molecule has 1 unspecified atom stereocenters. The highest BCUT2D eigenvalue weighted by atomic mass is 32.2. The molecule has 1 aromatic rings. The highest BCUT2D eigenvalue weighted by Crippen LogP contribution is 2.32. The Morgan fingerprint density at radius 2 is 2.18 bits per heavy atom. The number of rotatable bonds is 3. The summed E-state index contributed by atoms with van der Waals surface area (Å²) in [6.07, 6.45) is 1.43. The molecule has 0 bridgehead atoms. The normalized spacial score (nSPS) is 22.5. The molecule has 96 valence electrons. The van der Waals surface area contributed by atoms with E-state index in [1.807, 2.05) is 0 Å². The summed E-state index contributed by atoms with van der Waals surface area (Å²) in [5.74, 6) is 1.22. The molecule has 1 aliphatic heterocycles. The van der Waals surface area contributed by atoms with Crippen LogP contribution in [-0.2, 0) is 9.84 Å². The minimum atomic E-state index is -2.78. The van der Waals surface area contributed by atoms with Gasteiger partial charge in [0.1, 0.15) is 9.84 Å². The number of aromatic nitrogens is 1. The SMILES string of the molecule is CC(CN)c1csc(C2CCS(=O)(=O)CC2)n1. The molecule has 2 rings (SSSR count). The third kappa shape index (κ3) is 3.05. The minimum Gasteiger partial charge on any atom is -0.330 e. The average Bonchev–Trinajstić information content (AvgIpc) is 2.77. The predicted octanol–water partition coefficient (Wildman–Crippen LogP) is 1.50. The molecule has 0 radical (unpaired) electrons. The van der Waals surface area contributed by atoms with Gasteiger partial charge >= 0.3 is 0 Å². The first-order valence-corrected chi connectivity index (χ1v) is 8.58. The van der Waals surface area contributed by atoms with Gasteiger partial charge in [-0.25, -0.2) is 13.4 Å². The van der Waals surface area contributed by atoms with Crippen molar-refractivity contribution in [3.05, 3.63) is 16.1 Å². The molecule has 0 spiro atoms. The molecule has 1 atom stereocenters. The topological polar surface area (TPSA) is 73.1 Å². The fourth-order valence-electron chi connectivity index (χ4n) is 1.97. The van der Waals surface area contributed by atoms with Crippen LogP contribution in [0.2, 0.25) is 0 Å². The lowest BCUT2D eigenvalue weighted by molar-refractivity contribution is 0.548. The van der Waals surface area contributed by atoms with Gasteiger partial charge in [-0.2, -0.15) is 0 Å². The Kier molecular flexibility index (Phi) is 3.85. The first-order valence-electron chi connectivity index (χ1n) is 5.87. The third-order valence-electron chi connectivity index (χ3n) is 3.30. The van der Waals surface area contributed by atoms with Crippen molar-refractivity contribution in [2.24, 2.45) is 5.73 Å². The van der Waals surface area contributed by atoms with Crippen molar-refractivity contribution in [1.29, 1.82) is 0 Å². The van der Waals surface area contributed by atoms with E-state index in [0.29, 0.717) is 36.8 Å². The van der Waals surface area contributed by atoms with Crippen molar-refractivity contribution in [2.75, 3.05) is 18.1 Å². The molecule has 17 heavy (non-hydrogen) atoms. The second-order valence-electron chi connectivity index (χ2n) is 4.67. The maximum absolute atomic E-state index is 11.4. The predicted molar refractivity (Wildman–Crippen MR) is 70.2 cm³/mol. The Balaban J connectivity index is 2.06. The largest absolute Gasteiger partial charge is 0.330 e. The van der Waals surface area contributed by atoms with Crippen LogP contribution in [0.15, 0.2) is 5.38 Å². The minimum absolute atomic E-state index is 0.285. The van der Waals surface area contributed by atoms with Crippen molar-refractivity contribution in [1.82, 2.24) is 4.98 Å². The first-order chi connectivity index (χ1) is 8.02. The van der Waals surface area contributed by atoms with Crippen LogP contribution in [0.4, 0.5) is 0 Å². The van der Waals surface area contributed by atoms with E-state index in [-0.39, 0.29) is 5.92 Å². The number of thiazole rings is 1. The standard InChI is InChI=1S/C11H18N2O2S2/c1-8(6-12)10-7-16-11(13-10)9-2-4-17(14,15)5-3-9/h7-9H,2-6,12H2,1H3. The zero-order valence-corrected chi connectivity index (χ0v) is 11.6. The third-order valence-corrected chi connectivity index (χ3v) is 6.04. The number of hydrogen-bond acceptors (Lipinski definition) is 5. The Morgan fingerprint density at radius 3 is 2.76 bits per heavy atom. The van der Waals surface area contributed by atoms with Crippen LogP contribution in [-0.4, -0.2) is 31.5 Å². The summed E-state index contributed by atoms with van der Waals surface area (Å²) in [5.41, 5.74) is 6.66. The van der Waals surface area contributed by atoms with Crippen LogP contribution in [0.25, 0.3) is 0 Å². The van der Waals surface area contributed by atoms with Crippen LogP contribution in [0.5, 0.6) is 0 Å².